The predicted molar refractivity (Wildman–Crippen MR) is 95.6 cm³/mol. The first-order valence-electron chi connectivity index (χ1n) is 7.25. The Bertz CT molecular complexity index is 875. The van der Waals surface area contributed by atoms with Crippen molar-refractivity contribution in [2.75, 3.05) is 10.6 Å². The molecule has 122 valence electrons. The largest absolute Gasteiger partial charge is 0.360 e. The molecule has 2 aromatic heterocycles. The summed E-state index contributed by atoms with van der Waals surface area (Å²) in [7, 11) is 0. The fourth-order valence-corrected chi connectivity index (χ4v) is 2.68. The van der Waals surface area contributed by atoms with Crippen molar-refractivity contribution in [1.29, 1.82) is 0 Å². The number of aryl methyl sites for hydroxylation is 2. The van der Waals surface area contributed by atoms with Crippen molar-refractivity contribution in [3.63, 3.8) is 0 Å². The number of rotatable bonds is 4. The molecule has 0 atom stereocenters. The number of nitrogens with zero attached hydrogens (tertiary/aromatic N) is 2. The molecule has 1 aromatic carbocycles. The summed E-state index contributed by atoms with van der Waals surface area (Å²) in [5.41, 5.74) is 2.85. The van der Waals surface area contributed by atoms with Crippen LogP contribution in [0.25, 0.3) is 0 Å². The van der Waals surface area contributed by atoms with E-state index in [4.69, 9.17) is 4.52 Å². The number of halogens is 1. The average Bonchev–Trinajstić information content (AvgIpc) is 2.96. The molecular weight excluding hydrogens is 372 g/mol. The van der Waals surface area contributed by atoms with Crippen molar-refractivity contribution in [2.45, 2.75) is 13.8 Å². The second-order valence-electron chi connectivity index (χ2n) is 5.32. The zero-order valence-corrected chi connectivity index (χ0v) is 14.7. The minimum Gasteiger partial charge on any atom is -0.360 e. The lowest BCUT2D eigenvalue weighted by Crippen LogP contribution is -2.14. The summed E-state index contributed by atoms with van der Waals surface area (Å²) in [6, 6.07) is 10.9. The monoisotopic (exact) mass is 386 g/mol. The van der Waals surface area contributed by atoms with E-state index in [0.29, 0.717) is 23.0 Å². The van der Waals surface area contributed by atoms with Crippen molar-refractivity contribution < 1.29 is 9.32 Å². The van der Waals surface area contributed by atoms with E-state index >= 15 is 0 Å². The van der Waals surface area contributed by atoms with Gasteiger partial charge in [-0.3, -0.25) is 4.79 Å². The normalized spacial score (nSPS) is 10.5. The van der Waals surface area contributed by atoms with Gasteiger partial charge in [0.25, 0.3) is 5.91 Å². The molecule has 0 unspecified atom stereocenters. The second-order valence-corrected chi connectivity index (χ2v) is 6.17. The lowest BCUT2D eigenvalue weighted by Gasteiger charge is -2.08. The van der Waals surface area contributed by atoms with Crippen molar-refractivity contribution in [3.05, 3.63) is 64.1 Å². The molecule has 24 heavy (non-hydrogen) atoms. The summed E-state index contributed by atoms with van der Waals surface area (Å²) in [5.74, 6) is 1.03. The summed E-state index contributed by atoms with van der Waals surface area (Å²) in [6.45, 7) is 3.80. The van der Waals surface area contributed by atoms with Crippen LogP contribution in [-0.2, 0) is 0 Å². The highest BCUT2D eigenvalue weighted by molar-refractivity contribution is 9.10. The van der Waals surface area contributed by atoms with Crippen LogP contribution in [-0.4, -0.2) is 16.0 Å². The van der Waals surface area contributed by atoms with Crippen LogP contribution in [0.3, 0.4) is 0 Å². The van der Waals surface area contributed by atoms with E-state index < -0.39 is 0 Å². The van der Waals surface area contributed by atoms with Gasteiger partial charge in [0, 0.05) is 10.5 Å². The van der Waals surface area contributed by atoms with Gasteiger partial charge in [-0.25, -0.2) is 4.98 Å². The molecule has 1 amide bonds. The third-order valence-corrected chi connectivity index (χ3v) is 3.93. The number of hydrogen-bond acceptors (Lipinski definition) is 5. The van der Waals surface area contributed by atoms with Crippen molar-refractivity contribution in [1.82, 2.24) is 10.1 Å². The highest BCUT2D eigenvalue weighted by Gasteiger charge is 2.10. The third kappa shape index (κ3) is 3.80. The second kappa shape index (κ2) is 6.84. The van der Waals surface area contributed by atoms with Crippen LogP contribution >= 0.6 is 15.9 Å². The van der Waals surface area contributed by atoms with Gasteiger partial charge < -0.3 is 15.2 Å². The van der Waals surface area contributed by atoms with E-state index in [0.717, 1.165) is 15.7 Å². The van der Waals surface area contributed by atoms with E-state index in [1.165, 1.54) is 0 Å². The topological polar surface area (TPSA) is 80.0 Å². The Balaban J connectivity index is 1.69. The third-order valence-electron chi connectivity index (χ3n) is 3.27. The number of anilines is 3. The number of carbonyl (C=O) groups excluding carboxylic acids is 1. The van der Waals surface area contributed by atoms with Crippen LogP contribution < -0.4 is 10.6 Å². The van der Waals surface area contributed by atoms with Crippen LogP contribution in [0.15, 0.2) is 51.6 Å². The summed E-state index contributed by atoms with van der Waals surface area (Å²) in [4.78, 5) is 16.5. The van der Waals surface area contributed by atoms with Gasteiger partial charge in [0.1, 0.15) is 11.5 Å². The number of amides is 1. The molecule has 6 nitrogen and oxygen atoms in total. The molecular formula is C17H15BrN4O2. The van der Waals surface area contributed by atoms with Gasteiger partial charge in [-0.1, -0.05) is 11.2 Å². The molecule has 0 saturated heterocycles. The number of carbonyl (C=O) groups is 1. The first kappa shape index (κ1) is 16.2. The number of pyridine rings is 1. The quantitative estimate of drug-likeness (QED) is 0.692. The predicted octanol–water partition coefficient (Wildman–Crippen LogP) is 4.44. The van der Waals surface area contributed by atoms with Gasteiger partial charge in [-0.05, 0) is 59.6 Å². The molecule has 0 aliphatic rings. The fourth-order valence-electron chi connectivity index (χ4n) is 2.08. The van der Waals surface area contributed by atoms with E-state index in [1.54, 1.807) is 24.4 Å². The summed E-state index contributed by atoms with van der Waals surface area (Å²) < 4.78 is 5.81. The Morgan fingerprint density at radius 2 is 2.00 bits per heavy atom. The van der Waals surface area contributed by atoms with Gasteiger partial charge in [-0.15, -0.1) is 0 Å². The molecule has 0 saturated carbocycles. The van der Waals surface area contributed by atoms with Gasteiger partial charge in [0.05, 0.1) is 17.6 Å². The summed E-state index contributed by atoms with van der Waals surface area (Å²) in [5, 5.41) is 9.72. The van der Waals surface area contributed by atoms with Gasteiger partial charge >= 0.3 is 0 Å². The summed E-state index contributed by atoms with van der Waals surface area (Å²) >= 11 is 3.44. The van der Waals surface area contributed by atoms with Crippen LogP contribution in [0, 0.1) is 13.8 Å². The molecule has 2 N–H and O–H groups in total. The maximum atomic E-state index is 12.3. The van der Waals surface area contributed by atoms with Crippen molar-refractivity contribution >= 4 is 39.0 Å². The Kier molecular flexibility index (Phi) is 4.61. The average molecular weight is 387 g/mol. The first-order valence-corrected chi connectivity index (χ1v) is 8.04. The van der Waals surface area contributed by atoms with Crippen LogP contribution in [0.1, 0.15) is 21.8 Å². The first-order chi connectivity index (χ1) is 11.5. The Hall–Kier alpha value is -2.67. The van der Waals surface area contributed by atoms with E-state index in [9.17, 15) is 4.79 Å². The van der Waals surface area contributed by atoms with E-state index in [-0.39, 0.29) is 5.91 Å². The van der Waals surface area contributed by atoms with E-state index in [2.05, 4.69) is 36.7 Å². The highest BCUT2D eigenvalue weighted by atomic mass is 79.9. The molecule has 2 heterocycles. The number of hydrogen-bond donors (Lipinski definition) is 2. The van der Waals surface area contributed by atoms with Gasteiger partial charge in [0.2, 0.25) is 0 Å². The Morgan fingerprint density at radius 3 is 2.62 bits per heavy atom. The maximum Gasteiger partial charge on any atom is 0.274 e. The number of benzene rings is 1. The molecule has 0 radical (unpaired) electrons. The standard InChI is InChI=1S/C17H15BrN4O2/c1-10-3-5-14(13(18)7-10)21-17(23)15-6-4-12(9-19-15)20-16-8-11(2)24-22-16/h3-9H,1-2H3,(H,20,22)(H,21,23). The smallest absolute Gasteiger partial charge is 0.274 e. The van der Waals surface area contributed by atoms with Gasteiger partial charge in [-0.2, -0.15) is 0 Å². The molecule has 0 aliphatic heterocycles. The lowest BCUT2D eigenvalue weighted by molar-refractivity contribution is 0.102. The highest BCUT2D eigenvalue weighted by Crippen LogP contribution is 2.24. The molecule has 3 aromatic rings. The molecule has 0 spiro atoms. The van der Waals surface area contributed by atoms with Crippen molar-refractivity contribution in [3.8, 4) is 0 Å². The zero-order valence-electron chi connectivity index (χ0n) is 13.1. The fraction of sp³-hybridized carbons (Fsp3) is 0.118. The minimum atomic E-state index is -0.275. The minimum absolute atomic E-state index is 0.275. The van der Waals surface area contributed by atoms with E-state index in [1.807, 2.05) is 32.0 Å². The molecule has 7 heteroatoms. The zero-order chi connectivity index (χ0) is 17.1. The maximum absolute atomic E-state index is 12.3. The Labute approximate surface area is 147 Å². The van der Waals surface area contributed by atoms with Crippen molar-refractivity contribution in [2.24, 2.45) is 0 Å². The molecule has 3 rings (SSSR count). The lowest BCUT2D eigenvalue weighted by atomic mass is 10.2. The SMILES string of the molecule is Cc1ccc(NC(=O)c2ccc(Nc3cc(C)on3)cn2)c(Br)c1. The van der Waals surface area contributed by atoms with Crippen LogP contribution in [0.5, 0.6) is 0 Å². The molecule has 0 fully saturated rings. The Morgan fingerprint density at radius 1 is 1.17 bits per heavy atom. The number of aromatic nitrogens is 2. The van der Waals surface area contributed by atoms with Gasteiger partial charge in [0.15, 0.2) is 5.82 Å². The molecule has 0 bridgehead atoms. The molecule has 0 aliphatic carbocycles. The van der Waals surface area contributed by atoms with Crippen LogP contribution in [0.2, 0.25) is 0 Å². The number of nitrogens with one attached hydrogen (secondary N) is 2. The summed E-state index contributed by atoms with van der Waals surface area (Å²) in [6.07, 6.45) is 1.57. The van der Waals surface area contributed by atoms with Crippen LogP contribution in [0.4, 0.5) is 17.2 Å².